The molecule has 150 valence electrons. The molecule has 10 heteroatoms. The topological polar surface area (TPSA) is 101 Å². The molecule has 0 bridgehead atoms. The average molecular weight is 506 g/mol. The van der Waals surface area contributed by atoms with Crippen LogP contribution in [0.4, 0.5) is 0 Å². The third-order valence-electron chi connectivity index (χ3n) is 3.65. The number of pyridine rings is 1. The van der Waals surface area contributed by atoms with Gasteiger partial charge >= 0.3 is 0 Å². The molecule has 8 nitrogen and oxygen atoms in total. The van der Waals surface area contributed by atoms with E-state index < -0.39 is 9.84 Å². The maximum Gasteiger partial charge on any atom is 0.191 e. The van der Waals surface area contributed by atoms with Crippen LogP contribution in [-0.4, -0.2) is 53.5 Å². The molecule has 2 rings (SSSR count). The van der Waals surface area contributed by atoms with Gasteiger partial charge in [-0.3, -0.25) is 4.57 Å². The Morgan fingerprint density at radius 3 is 2.78 bits per heavy atom. The van der Waals surface area contributed by atoms with Gasteiger partial charge in [0.15, 0.2) is 5.96 Å². The number of imidazole rings is 1. The van der Waals surface area contributed by atoms with Gasteiger partial charge in [-0.15, -0.1) is 24.0 Å². The van der Waals surface area contributed by atoms with Crippen molar-refractivity contribution in [2.45, 2.75) is 32.9 Å². The zero-order valence-electron chi connectivity index (χ0n) is 15.8. The smallest absolute Gasteiger partial charge is 0.191 e. The van der Waals surface area contributed by atoms with E-state index in [2.05, 4.69) is 25.6 Å². The third-order valence-corrected chi connectivity index (χ3v) is 4.62. The number of aromatic nitrogens is 3. The predicted molar refractivity (Wildman–Crippen MR) is 119 cm³/mol. The van der Waals surface area contributed by atoms with Gasteiger partial charge in [-0.1, -0.05) is 0 Å². The van der Waals surface area contributed by atoms with E-state index in [4.69, 9.17) is 0 Å². The highest BCUT2D eigenvalue weighted by Crippen LogP contribution is 2.08. The lowest BCUT2D eigenvalue weighted by Crippen LogP contribution is -2.42. The number of aliphatic imine (C=N–C) groups is 1. The van der Waals surface area contributed by atoms with Gasteiger partial charge in [0.05, 0.1) is 12.3 Å². The molecule has 0 spiro atoms. The number of halogens is 1. The molecule has 0 amide bonds. The second kappa shape index (κ2) is 11.2. The molecule has 0 radical (unpaired) electrons. The molecule has 2 N–H and O–H groups in total. The van der Waals surface area contributed by atoms with Gasteiger partial charge in [0.25, 0.3) is 0 Å². The van der Waals surface area contributed by atoms with Crippen molar-refractivity contribution in [2.75, 3.05) is 18.6 Å². The fourth-order valence-corrected chi connectivity index (χ4v) is 3.06. The predicted octanol–water partition coefficient (Wildman–Crippen LogP) is 1.76. The van der Waals surface area contributed by atoms with Crippen molar-refractivity contribution in [3.05, 3.63) is 42.6 Å². The summed E-state index contributed by atoms with van der Waals surface area (Å²) in [5, 5.41) is 6.43. The molecule has 2 aromatic heterocycles. The molecule has 0 saturated carbocycles. The molecule has 0 aliphatic heterocycles. The van der Waals surface area contributed by atoms with Crippen molar-refractivity contribution in [3.63, 3.8) is 0 Å². The Hall–Kier alpha value is -1.69. The number of hydrogen-bond donors (Lipinski definition) is 2. The van der Waals surface area contributed by atoms with Crippen molar-refractivity contribution in [1.82, 2.24) is 25.2 Å². The largest absolute Gasteiger partial charge is 0.357 e. The molecule has 0 saturated heterocycles. The van der Waals surface area contributed by atoms with E-state index in [0.717, 1.165) is 17.9 Å². The molecule has 0 aliphatic rings. The van der Waals surface area contributed by atoms with Crippen molar-refractivity contribution in [2.24, 2.45) is 4.99 Å². The monoisotopic (exact) mass is 506 g/mol. The van der Waals surface area contributed by atoms with Crippen molar-refractivity contribution < 1.29 is 8.42 Å². The van der Waals surface area contributed by atoms with Crippen LogP contribution in [0, 0.1) is 0 Å². The van der Waals surface area contributed by atoms with Crippen LogP contribution in [0.15, 0.2) is 42.0 Å². The van der Waals surface area contributed by atoms with Crippen LogP contribution in [0.25, 0.3) is 5.82 Å². The molecule has 0 fully saturated rings. The zero-order valence-corrected chi connectivity index (χ0v) is 18.9. The minimum absolute atomic E-state index is 0. The van der Waals surface area contributed by atoms with E-state index in [0.29, 0.717) is 18.9 Å². The van der Waals surface area contributed by atoms with Gasteiger partial charge in [0.2, 0.25) is 0 Å². The Kier molecular flexibility index (Phi) is 9.70. The number of guanidine groups is 1. The van der Waals surface area contributed by atoms with E-state index in [-0.39, 0.29) is 35.8 Å². The summed E-state index contributed by atoms with van der Waals surface area (Å²) in [6.45, 7) is 5.14. The summed E-state index contributed by atoms with van der Waals surface area (Å²) in [6.07, 6.45) is 8.77. The minimum Gasteiger partial charge on any atom is -0.357 e. The van der Waals surface area contributed by atoms with Crippen molar-refractivity contribution in [3.8, 4) is 5.82 Å². The van der Waals surface area contributed by atoms with E-state index in [1.807, 2.05) is 36.7 Å². The second-order valence-electron chi connectivity index (χ2n) is 6.15. The average Bonchev–Trinajstić information content (AvgIpc) is 3.12. The van der Waals surface area contributed by atoms with Crippen LogP contribution in [-0.2, 0) is 16.4 Å². The van der Waals surface area contributed by atoms with Gasteiger partial charge in [-0.2, -0.15) is 0 Å². The Bertz CT molecular complexity index is 824. The Morgan fingerprint density at radius 1 is 1.37 bits per heavy atom. The first-order valence-corrected chi connectivity index (χ1v) is 10.6. The molecule has 1 atom stereocenters. The number of sulfone groups is 1. The minimum atomic E-state index is -2.96. The third kappa shape index (κ3) is 8.69. The standard InChI is InChI=1S/C17H26N6O2S.HI/c1-4-19-17(22-14(2)6-10-26(3,24)25)21-12-15-5-7-20-16(11-15)23-9-8-18-13-23;/h5,7-9,11,13-14H,4,6,10,12H2,1-3H3,(H2,19,21,22);1H. The fourth-order valence-electron chi connectivity index (χ4n) is 2.28. The van der Waals surface area contributed by atoms with Crippen LogP contribution in [0.1, 0.15) is 25.8 Å². The molecule has 2 heterocycles. The molecule has 1 unspecified atom stereocenters. The summed E-state index contributed by atoms with van der Waals surface area (Å²) in [5.74, 6) is 1.60. The van der Waals surface area contributed by atoms with Gasteiger partial charge in [0, 0.05) is 37.4 Å². The summed E-state index contributed by atoms with van der Waals surface area (Å²) >= 11 is 0. The van der Waals surface area contributed by atoms with E-state index in [1.165, 1.54) is 6.26 Å². The zero-order chi connectivity index (χ0) is 19.0. The molecular formula is C17H27IN6O2S. The van der Waals surface area contributed by atoms with Crippen LogP contribution >= 0.6 is 24.0 Å². The summed E-state index contributed by atoms with van der Waals surface area (Å²) in [5.41, 5.74) is 1.02. The second-order valence-corrected chi connectivity index (χ2v) is 8.41. The van der Waals surface area contributed by atoms with Crippen LogP contribution in [0.5, 0.6) is 0 Å². The summed E-state index contributed by atoms with van der Waals surface area (Å²) in [7, 11) is -2.96. The first-order chi connectivity index (χ1) is 12.4. The SMILES string of the molecule is CCNC(=NCc1ccnc(-n2ccnc2)c1)NC(C)CCS(C)(=O)=O.I. The fraction of sp³-hybridized carbons (Fsp3) is 0.471. The van der Waals surface area contributed by atoms with Gasteiger partial charge in [-0.25, -0.2) is 23.4 Å². The Balaban J connectivity index is 0.00000364. The van der Waals surface area contributed by atoms with Crippen molar-refractivity contribution in [1.29, 1.82) is 0 Å². The Labute approximate surface area is 177 Å². The number of hydrogen-bond acceptors (Lipinski definition) is 5. The number of nitrogens with zero attached hydrogens (tertiary/aromatic N) is 4. The van der Waals surface area contributed by atoms with Crippen LogP contribution in [0.2, 0.25) is 0 Å². The Morgan fingerprint density at radius 2 is 2.15 bits per heavy atom. The lowest BCUT2D eigenvalue weighted by Gasteiger charge is -2.17. The van der Waals surface area contributed by atoms with Gasteiger partial charge < -0.3 is 10.6 Å². The van der Waals surface area contributed by atoms with Crippen LogP contribution < -0.4 is 10.6 Å². The first kappa shape index (κ1) is 23.3. The molecule has 0 aliphatic carbocycles. The maximum absolute atomic E-state index is 11.3. The van der Waals surface area contributed by atoms with Gasteiger partial charge in [0.1, 0.15) is 22.0 Å². The van der Waals surface area contributed by atoms with E-state index >= 15 is 0 Å². The van der Waals surface area contributed by atoms with Crippen LogP contribution in [0.3, 0.4) is 0 Å². The summed E-state index contributed by atoms with van der Waals surface area (Å²) in [6, 6.07) is 3.88. The molecule has 0 aromatic carbocycles. The van der Waals surface area contributed by atoms with E-state index in [9.17, 15) is 8.42 Å². The molecule has 27 heavy (non-hydrogen) atoms. The quantitative estimate of drug-likeness (QED) is 0.322. The number of rotatable bonds is 8. The first-order valence-electron chi connectivity index (χ1n) is 8.53. The highest BCUT2D eigenvalue weighted by Gasteiger charge is 2.09. The maximum atomic E-state index is 11.3. The summed E-state index contributed by atoms with van der Waals surface area (Å²) in [4.78, 5) is 12.9. The van der Waals surface area contributed by atoms with Crippen molar-refractivity contribution >= 4 is 39.8 Å². The lowest BCUT2D eigenvalue weighted by atomic mass is 10.2. The lowest BCUT2D eigenvalue weighted by molar-refractivity contribution is 0.581. The molecular weight excluding hydrogens is 479 g/mol. The number of nitrogens with one attached hydrogen (secondary N) is 2. The highest BCUT2D eigenvalue weighted by molar-refractivity contribution is 14.0. The molecule has 2 aromatic rings. The normalized spacial score (nSPS) is 12.9. The highest BCUT2D eigenvalue weighted by atomic mass is 127. The summed E-state index contributed by atoms with van der Waals surface area (Å²) < 4.78 is 24.4. The van der Waals surface area contributed by atoms with E-state index in [1.54, 1.807) is 18.7 Å². The van der Waals surface area contributed by atoms with Gasteiger partial charge in [-0.05, 0) is 38.0 Å².